The van der Waals surface area contributed by atoms with E-state index in [4.69, 9.17) is 10.2 Å². The van der Waals surface area contributed by atoms with Gasteiger partial charge in [0.1, 0.15) is 5.76 Å². The highest BCUT2D eigenvalue weighted by Gasteiger charge is 2.26. The zero-order valence-electron chi connectivity index (χ0n) is 10.8. The van der Waals surface area contributed by atoms with Gasteiger partial charge in [-0.3, -0.25) is 0 Å². The molecule has 102 valence electrons. The molecular formula is C15H18BrNO2. The standard InChI is InChI=1S/C15H18BrNO2/c1-2-14-11(7-8-19-14)15(18)12(9-17)10-5-3-4-6-13(10)16/h3-8,12,15,18H,2,9,17H2,1H3. The lowest BCUT2D eigenvalue weighted by Crippen LogP contribution is -2.21. The molecule has 19 heavy (non-hydrogen) atoms. The van der Waals surface area contributed by atoms with Crippen molar-refractivity contribution in [3.8, 4) is 0 Å². The first-order valence-corrected chi connectivity index (χ1v) is 7.17. The number of aliphatic hydroxyl groups excluding tert-OH is 1. The Hall–Kier alpha value is -1.10. The summed E-state index contributed by atoms with van der Waals surface area (Å²) in [5.41, 5.74) is 7.70. The van der Waals surface area contributed by atoms with Crippen LogP contribution in [-0.2, 0) is 6.42 Å². The summed E-state index contributed by atoms with van der Waals surface area (Å²) in [6.07, 6.45) is 1.72. The Morgan fingerprint density at radius 3 is 2.63 bits per heavy atom. The molecule has 3 N–H and O–H groups in total. The second kappa shape index (κ2) is 6.37. The van der Waals surface area contributed by atoms with Crippen molar-refractivity contribution < 1.29 is 9.52 Å². The summed E-state index contributed by atoms with van der Waals surface area (Å²) in [4.78, 5) is 0. The van der Waals surface area contributed by atoms with Gasteiger partial charge in [-0.05, 0) is 17.7 Å². The van der Waals surface area contributed by atoms with Gasteiger partial charge in [0, 0.05) is 28.9 Å². The average Bonchev–Trinajstić information content (AvgIpc) is 2.89. The molecule has 1 aromatic carbocycles. The minimum absolute atomic E-state index is 0.154. The van der Waals surface area contributed by atoms with E-state index in [0.29, 0.717) is 6.54 Å². The number of aryl methyl sites for hydroxylation is 1. The molecule has 3 nitrogen and oxygen atoms in total. The number of benzene rings is 1. The third-order valence-corrected chi connectivity index (χ3v) is 4.08. The molecule has 4 heteroatoms. The number of hydrogen-bond acceptors (Lipinski definition) is 3. The van der Waals surface area contributed by atoms with Crippen LogP contribution in [0.3, 0.4) is 0 Å². The van der Waals surface area contributed by atoms with Gasteiger partial charge in [-0.15, -0.1) is 0 Å². The van der Waals surface area contributed by atoms with Crippen LogP contribution in [0.5, 0.6) is 0 Å². The Kier molecular flexibility index (Phi) is 4.80. The third kappa shape index (κ3) is 2.91. The van der Waals surface area contributed by atoms with Crippen LogP contribution in [0.4, 0.5) is 0 Å². The molecule has 0 bridgehead atoms. The minimum atomic E-state index is -0.655. The smallest absolute Gasteiger partial charge is 0.109 e. The van der Waals surface area contributed by atoms with Crippen molar-refractivity contribution in [1.82, 2.24) is 0 Å². The van der Waals surface area contributed by atoms with Gasteiger partial charge in [0.15, 0.2) is 0 Å². The lowest BCUT2D eigenvalue weighted by atomic mass is 9.89. The molecular weight excluding hydrogens is 306 g/mol. The zero-order chi connectivity index (χ0) is 13.8. The average molecular weight is 324 g/mol. The van der Waals surface area contributed by atoms with Crippen molar-refractivity contribution in [3.63, 3.8) is 0 Å². The zero-order valence-corrected chi connectivity index (χ0v) is 12.4. The van der Waals surface area contributed by atoms with E-state index in [0.717, 1.165) is 27.8 Å². The molecule has 0 saturated carbocycles. The number of aliphatic hydroxyl groups is 1. The largest absolute Gasteiger partial charge is 0.469 e. The second-order valence-electron chi connectivity index (χ2n) is 4.46. The number of hydrogen-bond donors (Lipinski definition) is 2. The Morgan fingerprint density at radius 1 is 1.26 bits per heavy atom. The number of nitrogens with two attached hydrogens (primary N) is 1. The Labute approximate surface area is 121 Å². The van der Waals surface area contributed by atoms with Crippen LogP contribution in [0.15, 0.2) is 45.5 Å². The van der Waals surface area contributed by atoms with Crippen LogP contribution in [0, 0.1) is 0 Å². The van der Waals surface area contributed by atoms with Gasteiger partial charge in [0.25, 0.3) is 0 Å². The maximum Gasteiger partial charge on any atom is 0.109 e. The lowest BCUT2D eigenvalue weighted by molar-refractivity contribution is 0.145. The van der Waals surface area contributed by atoms with E-state index in [2.05, 4.69) is 15.9 Å². The van der Waals surface area contributed by atoms with Gasteiger partial charge in [0.2, 0.25) is 0 Å². The highest BCUT2D eigenvalue weighted by Crippen LogP contribution is 2.35. The first-order valence-electron chi connectivity index (χ1n) is 6.37. The molecule has 1 heterocycles. The fourth-order valence-electron chi connectivity index (χ4n) is 2.32. The van der Waals surface area contributed by atoms with Crippen molar-refractivity contribution >= 4 is 15.9 Å². The molecule has 0 aliphatic heterocycles. The predicted molar refractivity (Wildman–Crippen MR) is 79.0 cm³/mol. The van der Waals surface area contributed by atoms with Gasteiger partial charge in [0.05, 0.1) is 12.4 Å². The van der Waals surface area contributed by atoms with Crippen LogP contribution in [-0.4, -0.2) is 11.7 Å². The minimum Gasteiger partial charge on any atom is -0.469 e. The Morgan fingerprint density at radius 2 is 2.00 bits per heavy atom. The van der Waals surface area contributed by atoms with Gasteiger partial charge in [-0.25, -0.2) is 0 Å². The number of halogens is 1. The second-order valence-corrected chi connectivity index (χ2v) is 5.32. The van der Waals surface area contributed by atoms with E-state index in [9.17, 15) is 5.11 Å². The van der Waals surface area contributed by atoms with Gasteiger partial charge < -0.3 is 15.3 Å². The normalized spacial score (nSPS) is 14.3. The van der Waals surface area contributed by atoms with E-state index in [1.54, 1.807) is 6.26 Å². The van der Waals surface area contributed by atoms with Crippen LogP contribution in [0.25, 0.3) is 0 Å². The summed E-state index contributed by atoms with van der Waals surface area (Å²) in [5.74, 6) is 0.663. The van der Waals surface area contributed by atoms with Crippen molar-refractivity contribution in [3.05, 3.63) is 58.0 Å². The van der Waals surface area contributed by atoms with Gasteiger partial charge >= 0.3 is 0 Å². The highest BCUT2D eigenvalue weighted by molar-refractivity contribution is 9.10. The maximum absolute atomic E-state index is 10.6. The SMILES string of the molecule is CCc1occc1C(O)C(CN)c1ccccc1Br. The Bertz CT molecular complexity index is 538. The molecule has 0 radical (unpaired) electrons. The molecule has 0 saturated heterocycles. The first kappa shape index (κ1) is 14.3. The molecule has 0 aliphatic rings. The van der Waals surface area contributed by atoms with Crippen LogP contribution in [0.2, 0.25) is 0 Å². The van der Waals surface area contributed by atoms with Gasteiger partial charge in [-0.2, -0.15) is 0 Å². The molecule has 2 rings (SSSR count). The van der Waals surface area contributed by atoms with Crippen LogP contribution >= 0.6 is 15.9 Å². The van der Waals surface area contributed by atoms with E-state index >= 15 is 0 Å². The predicted octanol–water partition coefficient (Wildman–Crippen LogP) is 3.38. The fourth-order valence-corrected chi connectivity index (χ4v) is 2.90. The summed E-state index contributed by atoms with van der Waals surface area (Å²) >= 11 is 3.51. The highest BCUT2D eigenvalue weighted by atomic mass is 79.9. The van der Waals surface area contributed by atoms with Crippen molar-refractivity contribution in [1.29, 1.82) is 0 Å². The summed E-state index contributed by atoms with van der Waals surface area (Å²) in [5, 5.41) is 10.6. The summed E-state index contributed by atoms with van der Waals surface area (Å²) < 4.78 is 6.35. The third-order valence-electron chi connectivity index (χ3n) is 3.36. The quantitative estimate of drug-likeness (QED) is 0.886. The van der Waals surface area contributed by atoms with Crippen LogP contribution < -0.4 is 5.73 Å². The Balaban J connectivity index is 2.35. The molecule has 0 aliphatic carbocycles. The number of furan rings is 1. The number of rotatable bonds is 5. The summed E-state index contributed by atoms with van der Waals surface area (Å²) in [6, 6.07) is 9.66. The molecule has 2 unspecified atom stereocenters. The van der Waals surface area contributed by atoms with E-state index in [-0.39, 0.29) is 5.92 Å². The maximum atomic E-state index is 10.6. The van der Waals surface area contributed by atoms with Crippen molar-refractivity contribution in [2.75, 3.05) is 6.54 Å². The van der Waals surface area contributed by atoms with Crippen molar-refractivity contribution in [2.45, 2.75) is 25.4 Å². The van der Waals surface area contributed by atoms with Crippen LogP contribution in [0.1, 0.15) is 35.8 Å². The van der Waals surface area contributed by atoms with Crippen molar-refractivity contribution in [2.24, 2.45) is 5.73 Å². The monoisotopic (exact) mass is 323 g/mol. The molecule has 1 aromatic heterocycles. The van der Waals surface area contributed by atoms with E-state index in [1.165, 1.54) is 0 Å². The summed E-state index contributed by atoms with van der Waals surface area (Å²) in [6.45, 7) is 2.38. The lowest BCUT2D eigenvalue weighted by Gasteiger charge is -2.23. The molecule has 2 atom stereocenters. The summed E-state index contributed by atoms with van der Waals surface area (Å²) in [7, 11) is 0. The first-order chi connectivity index (χ1) is 9.19. The molecule has 0 fully saturated rings. The molecule has 0 spiro atoms. The molecule has 0 amide bonds. The van der Waals surface area contributed by atoms with E-state index < -0.39 is 6.10 Å². The molecule has 2 aromatic rings. The van der Waals surface area contributed by atoms with Gasteiger partial charge in [-0.1, -0.05) is 41.1 Å². The fraction of sp³-hybridized carbons (Fsp3) is 0.333. The topological polar surface area (TPSA) is 59.4 Å². The van der Waals surface area contributed by atoms with E-state index in [1.807, 2.05) is 37.3 Å².